The number of para-hydroxylation sites is 1. The minimum Gasteiger partial charge on any atom is -0.443 e. The predicted octanol–water partition coefficient (Wildman–Crippen LogP) is 3.63. The number of ether oxygens (including phenoxy) is 2. The van der Waals surface area contributed by atoms with Gasteiger partial charge in [-0.25, -0.2) is 9.69 Å². The second-order valence-electron chi connectivity index (χ2n) is 8.61. The highest BCUT2D eigenvalue weighted by Gasteiger charge is 2.29. The number of amides is 2. The van der Waals surface area contributed by atoms with E-state index in [-0.39, 0.29) is 6.54 Å². The van der Waals surface area contributed by atoms with Gasteiger partial charge in [-0.05, 0) is 58.2 Å². The summed E-state index contributed by atoms with van der Waals surface area (Å²) in [4.78, 5) is 31.7. The quantitative estimate of drug-likeness (QED) is 0.698. The van der Waals surface area contributed by atoms with E-state index in [9.17, 15) is 9.59 Å². The number of pyridine rings is 1. The smallest absolute Gasteiger partial charge is 0.417 e. The fraction of sp³-hybridized carbons (Fsp3) is 0.522. The van der Waals surface area contributed by atoms with E-state index in [1.54, 1.807) is 39.1 Å². The van der Waals surface area contributed by atoms with Gasteiger partial charge in [0.05, 0.1) is 17.7 Å². The van der Waals surface area contributed by atoms with Crippen molar-refractivity contribution in [1.82, 2.24) is 15.2 Å². The lowest BCUT2D eigenvalue weighted by Crippen LogP contribution is -2.42. The highest BCUT2D eigenvalue weighted by Crippen LogP contribution is 2.20. The summed E-state index contributed by atoms with van der Waals surface area (Å²) < 4.78 is 10.9. The zero-order chi connectivity index (χ0) is 21.6. The maximum Gasteiger partial charge on any atom is 0.417 e. The van der Waals surface area contributed by atoms with Gasteiger partial charge in [-0.15, -0.1) is 0 Å². The summed E-state index contributed by atoms with van der Waals surface area (Å²) in [6, 6.07) is 9.12. The Labute approximate surface area is 177 Å². The van der Waals surface area contributed by atoms with Gasteiger partial charge in [0.2, 0.25) is 0 Å². The third kappa shape index (κ3) is 6.00. The second kappa shape index (κ2) is 10.00. The molecule has 1 unspecified atom stereocenters. The molecule has 1 aromatic heterocycles. The maximum atomic E-state index is 13.3. The molecule has 162 valence electrons. The molecule has 0 saturated carbocycles. The van der Waals surface area contributed by atoms with Gasteiger partial charge < -0.3 is 14.8 Å². The van der Waals surface area contributed by atoms with Crippen LogP contribution in [0.3, 0.4) is 0 Å². The summed E-state index contributed by atoms with van der Waals surface area (Å²) in [7, 11) is 0. The van der Waals surface area contributed by atoms with Crippen molar-refractivity contribution in [1.29, 1.82) is 0 Å². The standard InChI is InChI=1S/C23H31N3O4/c1-23(2,3)30-22(28)26(13-6-11-24-15-17-10-14-29-16-17)21(27)19-9-4-7-18-8-5-12-25-20(18)19/h4-5,7-9,12,17,24H,6,10-11,13-16H2,1-3H3. The van der Waals surface area contributed by atoms with Crippen LogP contribution in [0.1, 0.15) is 44.0 Å². The minimum absolute atomic E-state index is 0.269. The molecule has 1 aromatic carbocycles. The Balaban J connectivity index is 1.69. The molecule has 1 aliphatic rings. The Morgan fingerprint density at radius 3 is 2.80 bits per heavy atom. The largest absolute Gasteiger partial charge is 0.443 e. The molecule has 2 heterocycles. The van der Waals surface area contributed by atoms with E-state index in [1.807, 2.05) is 18.2 Å². The third-order valence-electron chi connectivity index (χ3n) is 4.91. The highest BCUT2D eigenvalue weighted by atomic mass is 16.6. The van der Waals surface area contributed by atoms with E-state index < -0.39 is 17.6 Å². The minimum atomic E-state index is -0.687. The number of hydrogen-bond acceptors (Lipinski definition) is 6. The number of rotatable bonds is 7. The molecular weight excluding hydrogens is 382 g/mol. The molecule has 1 aliphatic heterocycles. The monoisotopic (exact) mass is 413 g/mol. The predicted molar refractivity (Wildman–Crippen MR) is 115 cm³/mol. The van der Waals surface area contributed by atoms with Crippen LogP contribution in [0, 0.1) is 5.92 Å². The van der Waals surface area contributed by atoms with E-state index in [1.165, 1.54) is 4.90 Å². The second-order valence-corrected chi connectivity index (χ2v) is 8.61. The van der Waals surface area contributed by atoms with Gasteiger partial charge in [0.15, 0.2) is 0 Å². The van der Waals surface area contributed by atoms with Gasteiger partial charge in [0, 0.05) is 31.3 Å². The zero-order valence-electron chi connectivity index (χ0n) is 18.0. The molecule has 1 fully saturated rings. The SMILES string of the molecule is CC(C)(C)OC(=O)N(CCCNCC1CCOC1)C(=O)c1cccc2cccnc12. The van der Waals surface area contributed by atoms with Crippen molar-refractivity contribution in [2.24, 2.45) is 5.92 Å². The van der Waals surface area contributed by atoms with Crippen molar-refractivity contribution in [3.63, 3.8) is 0 Å². The number of aromatic nitrogens is 1. The number of hydrogen-bond donors (Lipinski definition) is 1. The summed E-state index contributed by atoms with van der Waals surface area (Å²) in [5.74, 6) is 0.146. The van der Waals surface area contributed by atoms with Crippen molar-refractivity contribution in [3.05, 3.63) is 42.1 Å². The normalized spacial score (nSPS) is 16.6. The van der Waals surface area contributed by atoms with E-state index in [4.69, 9.17) is 9.47 Å². The van der Waals surface area contributed by atoms with Gasteiger partial charge in [0.1, 0.15) is 5.60 Å². The lowest BCUT2D eigenvalue weighted by atomic mass is 10.1. The molecule has 0 spiro atoms. The first-order valence-electron chi connectivity index (χ1n) is 10.5. The number of carbonyl (C=O) groups excluding carboxylic acids is 2. The molecule has 1 N–H and O–H groups in total. The molecule has 30 heavy (non-hydrogen) atoms. The number of benzene rings is 1. The van der Waals surface area contributed by atoms with Crippen molar-refractivity contribution in [2.75, 3.05) is 32.8 Å². The average Bonchev–Trinajstić information content (AvgIpc) is 3.22. The molecule has 3 rings (SSSR count). The first-order valence-corrected chi connectivity index (χ1v) is 10.5. The van der Waals surface area contributed by atoms with Crippen molar-refractivity contribution in [3.8, 4) is 0 Å². The maximum absolute atomic E-state index is 13.3. The summed E-state index contributed by atoms with van der Waals surface area (Å²) >= 11 is 0. The molecule has 1 atom stereocenters. The van der Waals surface area contributed by atoms with Gasteiger partial charge in [-0.1, -0.05) is 18.2 Å². The van der Waals surface area contributed by atoms with Crippen LogP contribution < -0.4 is 5.32 Å². The van der Waals surface area contributed by atoms with Gasteiger partial charge in [0.25, 0.3) is 5.91 Å². The number of fused-ring (bicyclic) bond motifs is 1. The van der Waals surface area contributed by atoms with Crippen LogP contribution in [-0.4, -0.2) is 60.3 Å². The van der Waals surface area contributed by atoms with Crippen LogP contribution in [0.25, 0.3) is 10.9 Å². The topological polar surface area (TPSA) is 80.8 Å². The Hall–Kier alpha value is -2.51. The molecule has 7 nitrogen and oxygen atoms in total. The van der Waals surface area contributed by atoms with Crippen LogP contribution in [0.15, 0.2) is 36.5 Å². The number of nitrogens with zero attached hydrogens (tertiary/aromatic N) is 2. The molecule has 0 bridgehead atoms. The fourth-order valence-corrected chi connectivity index (χ4v) is 3.43. The van der Waals surface area contributed by atoms with Crippen LogP contribution in [0.4, 0.5) is 4.79 Å². The van der Waals surface area contributed by atoms with Crippen molar-refractivity contribution >= 4 is 22.9 Å². The Bertz CT molecular complexity index is 867. The van der Waals surface area contributed by atoms with E-state index >= 15 is 0 Å². The summed E-state index contributed by atoms with van der Waals surface area (Å²) in [5, 5.41) is 4.25. The molecule has 7 heteroatoms. The van der Waals surface area contributed by atoms with Crippen LogP contribution in [-0.2, 0) is 9.47 Å². The average molecular weight is 414 g/mol. The summed E-state index contributed by atoms with van der Waals surface area (Å²) in [6.07, 6.45) is 2.72. The lowest BCUT2D eigenvalue weighted by molar-refractivity contribution is 0.0240. The van der Waals surface area contributed by atoms with Crippen LogP contribution in [0.5, 0.6) is 0 Å². The fourth-order valence-electron chi connectivity index (χ4n) is 3.43. The number of imide groups is 1. The molecule has 0 radical (unpaired) electrons. The van der Waals surface area contributed by atoms with Gasteiger partial charge in [-0.3, -0.25) is 9.78 Å². The van der Waals surface area contributed by atoms with Crippen LogP contribution in [0.2, 0.25) is 0 Å². The zero-order valence-corrected chi connectivity index (χ0v) is 18.0. The first kappa shape index (κ1) is 22.2. The highest BCUT2D eigenvalue weighted by molar-refractivity contribution is 6.10. The van der Waals surface area contributed by atoms with E-state index in [0.717, 1.165) is 31.6 Å². The number of nitrogens with one attached hydrogen (secondary N) is 1. The van der Waals surface area contributed by atoms with Crippen molar-refractivity contribution in [2.45, 2.75) is 39.2 Å². The summed E-state index contributed by atoms with van der Waals surface area (Å²) in [5.41, 5.74) is 0.292. The lowest BCUT2D eigenvalue weighted by Gasteiger charge is -2.26. The molecule has 2 amide bonds. The first-order chi connectivity index (χ1) is 14.3. The van der Waals surface area contributed by atoms with Gasteiger partial charge >= 0.3 is 6.09 Å². The van der Waals surface area contributed by atoms with E-state index in [0.29, 0.717) is 30.0 Å². The Kier molecular flexibility index (Phi) is 7.39. The molecule has 0 aliphatic carbocycles. The van der Waals surface area contributed by atoms with Gasteiger partial charge in [-0.2, -0.15) is 0 Å². The Morgan fingerprint density at radius 1 is 1.27 bits per heavy atom. The summed E-state index contributed by atoms with van der Waals surface area (Å²) in [6.45, 7) is 8.85. The third-order valence-corrected chi connectivity index (χ3v) is 4.91. The number of carbonyl (C=O) groups is 2. The van der Waals surface area contributed by atoms with Crippen LogP contribution >= 0.6 is 0 Å². The van der Waals surface area contributed by atoms with Crippen molar-refractivity contribution < 1.29 is 19.1 Å². The molecule has 1 saturated heterocycles. The molecule has 2 aromatic rings. The van der Waals surface area contributed by atoms with E-state index in [2.05, 4.69) is 10.3 Å². The molecular formula is C23H31N3O4. The Morgan fingerprint density at radius 2 is 2.07 bits per heavy atom.